The van der Waals surface area contributed by atoms with Crippen LogP contribution in [0, 0.1) is 0 Å². The molecular weight excluding hydrogens is 411 g/mol. The maximum atomic E-state index is 12.9. The number of hydrogen-bond acceptors (Lipinski definition) is 4. The monoisotopic (exact) mass is 425 g/mol. The van der Waals surface area contributed by atoms with Crippen molar-refractivity contribution >= 4 is 28.5 Å². The predicted molar refractivity (Wildman–Crippen MR) is 107 cm³/mol. The Kier molecular flexibility index (Phi) is 4.90. The highest BCUT2D eigenvalue weighted by molar-refractivity contribution is 6.13. The quantitative estimate of drug-likeness (QED) is 0.459. The zero-order chi connectivity index (χ0) is 22.2. The smallest absolute Gasteiger partial charge is 0.366 e. The fourth-order valence-corrected chi connectivity index (χ4v) is 3.17. The molecule has 0 aliphatic carbocycles. The van der Waals surface area contributed by atoms with Crippen LogP contribution in [-0.2, 0) is 6.18 Å². The maximum Gasteiger partial charge on any atom is 0.433 e. The van der Waals surface area contributed by atoms with Gasteiger partial charge in [-0.1, -0.05) is 6.07 Å². The minimum absolute atomic E-state index is 0.0626. The van der Waals surface area contributed by atoms with Gasteiger partial charge in [-0.25, -0.2) is 9.97 Å². The second-order valence-electron chi connectivity index (χ2n) is 6.62. The molecule has 0 aliphatic rings. The molecule has 2 amide bonds. The Morgan fingerprint density at radius 2 is 1.77 bits per heavy atom. The lowest BCUT2D eigenvalue weighted by Gasteiger charge is -2.14. The van der Waals surface area contributed by atoms with Crippen LogP contribution in [0.3, 0.4) is 0 Å². The third kappa shape index (κ3) is 3.95. The van der Waals surface area contributed by atoms with Crippen LogP contribution in [0.1, 0.15) is 26.4 Å². The van der Waals surface area contributed by atoms with Crippen molar-refractivity contribution in [3.8, 4) is 11.1 Å². The van der Waals surface area contributed by atoms with Gasteiger partial charge in [-0.3, -0.25) is 9.59 Å². The topological polar surface area (TPSA) is 114 Å². The van der Waals surface area contributed by atoms with E-state index in [-0.39, 0.29) is 22.4 Å². The van der Waals surface area contributed by atoms with Crippen LogP contribution in [0.25, 0.3) is 22.2 Å². The lowest BCUT2D eigenvalue weighted by atomic mass is 9.94. The lowest BCUT2D eigenvalue weighted by molar-refractivity contribution is -0.141. The molecule has 3 heterocycles. The molecule has 0 unspecified atom stereocenters. The third-order valence-electron chi connectivity index (χ3n) is 4.58. The maximum absolute atomic E-state index is 12.9. The number of hydrogen-bond donors (Lipinski definition) is 3. The standard InChI is InChI=1S/C21H14F3N5O2/c22-21(23,24)16-5-4-13(10-27-16)29-20(31)15-3-1-2-14(18(25)30)17(15)12-8-11-6-7-26-19(11)28-9-12/h1-10H,(H2,25,30)(H,26,28)(H,29,31). The van der Waals surface area contributed by atoms with E-state index < -0.39 is 23.7 Å². The zero-order valence-corrected chi connectivity index (χ0v) is 15.7. The van der Waals surface area contributed by atoms with Crippen LogP contribution in [0.4, 0.5) is 18.9 Å². The minimum Gasteiger partial charge on any atom is -0.366 e. The van der Waals surface area contributed by atoms with Gasteiger partial charge >= 0.3 is 6.18 Å². The minimum atomic E-state index is -4.59. The number of carbonyl (C=O) groups is 2. The number of halogens is 3. The van der Waals surface area contributed by atoms with E-state index in [0.29, 0.717) is 11.2 Å². The number of H-pyrrole nitrogens is 1. The van der Waals surface area contributed by atoms with Crippen LogP contribution in [0.5, 0.6) is 0 Å². The van der Waals surface area contributed by atoms with E-state index in [4.69, 9.17) is 5.73 Å². The van der Waals surface area contributed by atoms with Gasteiger partial charge < -0.3 is 16.0 Å². The number of rotatable bonds is 4. The van der Waals surface area contributed by atoms with Crippen molar-refractivity contribution in [3.05, 3.63) is 77.9 Å². The van der Waals surface area contributed by atoms with Crippen molar-refractivity contribution in [1.29, 1.82) is 0 Å². The SMILES string of the molecule is NC(=O)c1cccc(C(=O)Nc2ccc(C(F)(F)F)nc2)c1-c1cnc2[nH]ccc2c1. The molecule has 4 N–H and O–H groups in total. The molecule has 1 aromatic carbocycles. The Balaban J connectivity index is 1.75. The molecular formula is C21H14F3N5O2. The number of nitrogens with zero attached hydrogens (tertiary/aromatic N) is 2. The summed E-state index contributed by atoms with van der Waals surface area (Å²) in [5.74, 6) is -1.39. The average molecular weight is 425 g/mol. The first-order valence-corrected chi connectivity index (χ1v) is 8.95. The first-order valence-electron chi connectivity index (χ1n) is 8.95. The van der Waals surface area contributed by atoms with Crippen LogP contribution in [-0.4, -0.2) is 26.8 Å². The summed E-state index contributed by atoms with van der Waals surface area (Å²) in [4.78, 5) is 35.5. The van der Waals surface area contributed by atoms with E-state index in [0.717, 1.165) is 23.7 Å². The Labute approximate surface area is 173 Å². The Hall–Kier alpha value is -4.21. The fraction of sp³-hybridized carbons (Fsp3) is 0.0476. The normalized spacial score (nSPS) is 11.5. The number of pyridine rings is 2. The van der Waals surface area contributed by atoms with Crippen LogP contribution >= 0.6 is 0 Å². The van der Waals surface area contributed by atoms with Gasteiger partial charge in [-0.05, 0) is 36.4 Å². The van der Waals surface area contributed by atoms with Crippen molar-refractivity contribution in [2.45, 2.75) is 6.18 Å². The van der Waals surface area contributed by atoms with E-state index in [1.54, 1.807) is 18.3 Å². The molecule has 0 radical (unpaired) electrons. The van der Waals surface area contributed by atoms with Gasteiger partial charge in [0.2, 0.25) is 5.91 Å². The highest BCUT2D eigenvalue weighted by Gasteiger charge is 2.32. The van der Waals surface area contributed by atoms with Gasteiger partial charge in [-0.2, -0.15) is 13.2 Å². The number of anilines is 1. The molecule has 0 saturated heterocycles. The molecule has 0 atom stereocenters. The number of fused-ring (bicyclic) bond motifs is 1. The number of alkyl halides is 3. The van der Waals surface area contributed by atoms with Crippen molar-refractivity contribution in [2.75, 3.05) is 5.32 Å². The zero-order valence-electron chi connectivity index (χ0n) is 15.7. The number of primary amides is 1. The van der Waals surface area contributed by atoms with E-state index >= 15 is 0 Å². The van der Waals surface area contributed by atoms with Crippen LogP contribution in [0.15, 0.2) is 61.1 Å². The molecule has 0 spiro atoms. The summed E-state index contributed by atoms with van der Waals surface area (Å²) in [6, 6.07) is 9.85. The van der Waals surface area contributed by atoms with Gasteiger partial charge in [0.25, 0.3) is 5.91 Å². The molecule has 156 valence electrons. The number of nitrogens with two attached hydrogens (primary N) is 1. The largest absolute Gasteiger partial charge is 0.433 e. The summed E-state index contributed by atoms with van der Waals surface area (Å²) in [7, 11) is 0. The van der Waals surface area contributed by atoms with Crippen molar-refractivity contribution in [2.24, 2.45) is 5.73 Å². The van der Waals surface area contributed by atoms with Crippen LogP contribution < -0.4 is 11.1 Å². The summed E-state index contributed by atoms with van der Waals surface area (Å²) in [6.07, 6.45) is -0.481. The van der Waals surface area contributed by atoms with Gasteiger partial charge in [0.05, 0.1) is 11.9 Å². The number of aromatic nitrogens is 3. The molecule has 0 fully saturated rings. The predicted octanol–water partition coefficient (Wildman–Crippen LogP) is 3.99. The van der Waals surface area contributed by atoms with E-state index in [9.17, 15) is 22.8 Å². The highest BCUT2D eigenvalue weighted by Crippen LogP contribution is 2.31. The van der Waals surface area contributed by atoms with E-state index in [1.165, 1.54) is 24.4 Å². The van der Waals surface area contributed by atoms with E-state index in [1.807, 2.05) is 0 Å². The van der Waals surface area contributed by atoms with Gasteiger partial charge in [-0.15, -0.1) is 0 Å². The molecule has 31 heavy (non-hydrogen) atoms. The summed E-state index contributed by atoms with van der Waals surface area (Å²) in [5.41, 5.74) is 6.08. The van der Waals surface area contributed by atoms with E-state index in [2.05, 4.69) is 20.3 Å². The summed E-state index contributed by atoms with van der Waals surface area (Å²) < 4.78 is 38.1. The number of aromatic amines is 1. The first-order chi connectivity index (χ1) is 14.7. The molecule has 0 aliphatic heterocycles. The number of amides is 2. The van der Waals surface area contributed by atoms with Gasteiger partial charge in [0.15, 0.2) is 0 Å². The number of nitrogens with one attached hydrogen (secondary N) is 2. The summed E-state index contributed by atoms with van der Waals surface area (Å²) in [5, 5.41) is 3.26. The summed E-state index contributed by atoms with van der Waals surface area (Å²) >= 11 is 0. The Bertz CT molecular complexity index is 1300. The third-order valence-corrected chi connectivity index (χ3v) is 4.58. The fourth-order valence-electron chi connectivity index (χ4n) is 3.17. The van der Waals surface area contributed by atoms with Crippen molar-refractivity contribution < 1.29 is 22.8 Å². The summed E-state index contributed by atoms with van der Waals surface area (Å²) in [6.45, 7) is 0. The molecule has 0 saturated carbocycles. The van der Waals surface area contributed by atoms with Gasteiger partial charge in [0, 0.05) is 40.0 Å². The van der Waals surface area contributed by atoms with Crippen molar-refractivity contribution in [3.63, 3.8) is 0 Å². The van der Waals surface area contributed by atoms with Crippen molar-refractivity contribution in [1.82, 2.24) is 15.0 Å². The average Bonchev–Trinajstić information content (AvgIpc) is 3.20. The molecule has 4 rings (SSSR count). The first kappa shape index (κ1) is 20.1. The second-order valence-corrected chi connectivity index (χ2v) is 6.62. The molecule has 10 heteroatoms. The molecule has 7 nitrogen and oxygen atoms in total. The lowest BCUT2D eigenvalue weighted by Crippen LogP contribution is -2.18. The molecule has 0 bridgehead atoms. The number of carbonyl (C=O) groups excluding carboxylic acids is 2. The molecule has 4 aromatic rings. The Morgan fingerprint density at radius 1 is 1.00 bits per heavy atom. The van der Waals surface area contributed by atoms with Gasteiger partial charge in [0.1, 0.15) is 11.3 Å². The van der Waals surface area contributed by atoms with Crippen LogP contribution in [0.2, 0.25) is 0 Å². The number of benzene rings is 1. The Morgan fingerprint density at radius 3 is 2.45 bits per heavy atom. The second kappa shape index (κ2) is 7.56. The highest BCUT2D eigenvalue weighted by atomic mass is 19.4. The molecule has 3 aromatic heterocycles.